The Balaban J connectivity index is 2.49. The largest absolute Gasteiger partial charge is 0.0843 e. The van der Waals surface area contributed by atoms with Gasteiger partial charge in [-0.15, -0.1) is 0 Å². The predicted molar refractivity (Wildman–Crippen MR) is 72.3 cm³/mol. The van der Waals surface area contributed by atoms with E-state index in [0.29, 0.717) is 0 Å². The van der Waals surface area contributed by atoms with Crippen molar-refractivity contribution in [2.24, 2.45) is 0 Å². The molecule has 0 spiro atoms. The van der Waals surface area contributed by atoms with Gasteiger partial charge in [0, 0.05) is 14.0 Å². The average Bonchev–Trinajstić information content (AvgIpc) is 2.17. The van der Waals surface area contributed by atoms with Crippen molar-refractivity contribution in [3.05, 3.63) is 56.4 Å². The molecule has 0 atom stereocenters. The fourth-order valence-corrected chi connectivity index (χ4v) is 2.78. The molecule has 0 nitrogen and oxygen atoms in total. The zero-order valence-corrected chi connectivity index (χ0v) is 11.6. The molecule has 15 heavy (non-hydrogen) atoms. The SMILES string of the molecule is Clc1ccc(-c2cc(Br)cc(Br)c2)cc1. The minimum absolute atomic E-state index is 0.757. The van der Waals surface area contributed by atoms with Crippen LogP contribution in [0.5, 0.6) is 0 Å². The Labute approximate surface area is 111 Å². The van der Waals surface area contributed by atoms with E-state index in [1.54, 1.807) is 0 Å². The number of benzene rings is 2. The van der Waals surface area contributed by atoms with Crippen molar-refractivity contribution in [2.75, 3.05) is 0 Å². The van der Waals surface area contributed by atoms with Crippen LogP contribution >= 0.6 is 43.5 Å². The van der Waals surface area contributed by atoms with E-state index in [4.69, 9.17) is 11.6 Å². The van der Waals surface area contributed by atoms with Gasteiger partial charge >= 0.3 is 0 Å². The zero-order chi connectivity index (χ0) is 10.8. The highest BCUT2D eigenvalue weighted by Gasteiger charge is 2.00. The van der Waals surface area contributed by atoms with Gasteiger partial charge in [-0.3, -0.25) is 0 Å². The summed E-state index contributed by atoms with van der Waals surface area (Å²) in [5, 5.41) is 0.757. The lowest BCUT2D eigenvalue weighted by atomic mass is 10.1. The molecule has 0 fully saturated rings. The molecule has 0 bridgehead atoms. The van der Waals surface area contributed by atoms with Crippen molar-refractivity contribution in [3.8, 4) is 11.1 Å². The van der Waals surface area contributed by atoms with Crippen molar-refractivity contribution in [1.29, 1.82) is 0 Å². The quantitative estimate of drug-likeness (QED) is 0.637. The van der Waals surface area contributed by atoms with Crippen LogP contribution in [0.4, 0.5) is 0 Å². The van der Waals surface area contributed by atoms with Crippen LogP contribution in [0, 0.1) is 0 Å². The first-order valence-electron chi connectivity index (χ1n) is 4.37. The van der Waals surface area contributed by atoms with Gasteiger partial charge in [-0.05, 0) is 41.5 Å². The summed E-state index contributed by atoms with van der Waals surface area (Å²) in [6.07, 6.45) is 0. The van der Waals surface area contributed by atoms with Crippen molar-refractivity contribution in [3.63, 3.8) is 0 Å². The fourth-order valence-electron chi connectivity index (χ4n) is 1.36. The molecule has 0 unspecified atom stereocenters. The van der Waals surface area contributed by atoms with Crippen LogP contribution in [-0.4, -0.2) is 0 Å². The lowest BCUT2D eigenvalue weighted by molar-refractivity contribution is 1.56. The van der Waals surface area contributed by atoms with Crippen molar-refractivity contribution in [2.45, 2.75) is 0 Å². The van der Waals surface area contributed by atoms with Crippen molar-refractivity contribution >= 4 is 43.5 Å². The molecule has 0 saturated carbocycles. The first kappa shape index (κ1) is 11.2. The normalized spacial score (nSPS) is 10.3. The molecule has 0 heterocycles. The molecule has 2 aromatic carbocycles. The fraction of sp³-hybridized carbons (Fsp3) is 0. The standard InChI is InChI=1S/C12H7Br2Cl/c13-10-5-9(6-11(14)7-10)8-1-3-12(15)4-2-8/h1-7H. The maximum Gasteiger partial charge on any atom is 0.0406 e. The summed E-state index contributed by atoms with van der Waals surface area (Å²) in [6.45, 7) is 0. The Morgan fingerprint density at radius 2 is 1.27 bits per heavy atom. The van der Waals surface area contributed by atoms with Gasteiger partial charge in [0.15, 0.2) is 0 Å². The predicted octanol–water partition coefficient (Wildman–Crippen LogP) is 5.53. The molecule has 0 radical (unpaired) electrons. The Morgan fingerprint density at radius 3 is 1.80 bits per heavy atom. The first-order valence-corrected chi connectivity index (χ1v) is 6.33. The molecule has 0 saturated heterocycles. The van der Waals surface area contributed by atoms with E-state index in [9.17, 15) is 0 Å². The molecule has 0 aliphatic carbocycles. The van der Waals surface area contributed by atoms with Gasteiger partial charge in [0.2, 0.25) is 0 Å². The van der Waals surface area contributed by atoms with E-state index in [-0.39, 0.29) is 0 Å². The van der Waals surface area contributed by atoms with Gasteiger partial charge in [0.1, 0.15) is 0 Å². The third-order valence-electron chi connectivity index (χ3n) is 2.04. The summed E-state index contributed by atoms with van der Waals surface area (Å²) in [5.41, 5.74) is 2.31. The van der Waals surface area contributed by atoms with E-state index in [0.717, 1.165) is 25.1 Å². The minimum Gasteiger partial charge on any atom is -0.0843 e. The highest BCUT2D eigenvalue weighted by molar-refractivity contribution is 9.11. The first-order chi connectivity index (χ1) is 7.15. The monoisotopic (exact) mass is 344 g/mol. The maximum atomic E-state index is 5.84. The van der Waals surface area contributed by atoms with Crippen LogP contribution in [0.3, 0.4) is 0 Å². The molecule has 2 aromatic rings. The number of hydrogen-bond donors (Lipinski definition) is 0. The van der Waals surface area contributed by atoms with E-state index in [1.807, 2.05) is 30.3 Å². The molecule has 0 N–H and O–H groups in total. The number of rotatable bonds is 1. The van der Waals surface area contributed by atoms with Gasteiger partial charge in [-0.25, -0.2) is 0 Å². The minimum atomic E-state index is 0.757. The smallest absolute Gasteiger partial charge is 0.0406 e. The molecule has 0 aromatic heterocycles. The highest BCUT2D eigenvalue weighted by Crippen LogP contribution is 2.28. The lowest BCUT2D eigenvalue weighted by Gasteiger charge is -2.03. The van der Waals surface area contributed by atoms with Gasteiger partial charge in [-0.2, -0.15) is 0 Å². The van der Waals surface area contributed by atoms with Crippen molar-refractivity contribution < 1.29 is 0 Å². The average molecular weight is 346 g/mol. The van der Waals surface area contributed by atoms with Crippen LogP contribution in [0.1, 0.15) is 0 Å². The molecule has 3 heteroatoms. The maximum absolute atomic E-state index is 5.84. The summed E-state index contributed by atoms with van der Waals surface area (Å²) in [6, 6.07) is 14.0. The van der Waals surface area contributed by atoms with Crippen LogP contribution < -0.4 is 0 Å². The topological polar surface area (TPSA) is 0 Å². The molecule has 0 aliphatic heterocycles. The third kappa shape index (κ3) is 2.83. The Kier molecular flexibility index (Phi) is 3.49. The van der Waals surface area contributed by atoms with E-state index < -0.39 is 0 Å². The number of hydrogen-bond acceptors (Lipinski definition) is 0. The summed E-state index contributed by atoms with van der Waals surface area (Å²) >= 11 is 12.8. The molecular formula is C12H7Br2Cl. The Morgan fingerprint density at radius 1 is 0.733 bits per heavy atom. The van der Waals surface area contributed by atoms with Gasteiger partial charge in [-0.1, -0.05) is 55.6 Å². The van der Waals surface area contributed by atoms with Crippen LogP contribution in [0.2, 0.25) is 5.02 Å². The van der Waals surface area contributed by atoms with E-state index >= 15 is 0 Å². The molecule has 0 aliphatic rings. The number of halogens is 3. The Hall–Kier alpha value is -0.310. The Bertz CT molecular complexity index is 457. The third-order valence-corrected chi connectivity index (χ3v) is 3.21. The highest BCUT2D eigenvalue weighted by atomic mass is 79.9. The van der Waals surface area contributed by atoms with Gasteiger partial charge in [0.05, 0.1) is 0 Å². The van der Waals surface area contributed by atoms with Crippen molar-refractivity contribution in [1.82, 2.24) is 0 Å². The second-order valence-corrected chi connectivity index (χ2v) is 5.43. The zero-order valence-electron chi connectivity index (χ0n) is 7.68. The summed E-state index contributed by atoms with van der Waals surface area (Å²) < 4.78 is 2.11. The second-order valence-electron chi connectivity index (χ2n) is 3.17. The molecular weight excluding hydrogens is 339 g/mol. The summed E-state index contributed by atoms with van der Waals surface area (Å²) in [7, 11) is 0. The molecule has 76 valence electrons. The van der Waals surface area contributed by atoms with Crippen LogP contribution in [-0.2, 0) is 0 Å². The van der Waals surface area contributed by atoms with Gasteiger partial charge in [0.25, 0.3) is 0 Å². The summed E-state index contributed by atoms with van der Waals surface area (Å²) in [5.74, 6) is 0. The summed E-state index contributed by atoms with van der Waals surface area (Å²) in [4.78, 5) is 0. The molecule has 0 amide bonds. The van der Waals surface area contributed by atoms with Crippen LogP contribution in [0.25, 0.3) is 11.1 Å². The van der Waals surface area contributed by atoms with E-state index in [2.05, 4.69) is 44.0 Å². The van der Waals surface area contributed by atoms with E-state index in [1.165, 1.54) is 0 Å². The van der Waals surface area contributed by atoms with Gasteiger partial charge < -0.3 is 0 Å². The lowest BCUT2D eigenvalue weighted by Crippen LogP contribution is -1.78. The molecule has 2 rings (SSSR count). The van der Waals surface area contributed by atoms with Crippen LogP contribution in [0.15, 0.2) is 51.4 Å². The second kappa shape index (κ2) is 4.69.